The lowest BCUT2D eigenvalue weighted by Gasteiger charge is -1.99. The molecule has 0 heterocycles. The second-order valence-electron chi connectivity index (χ2n) is 1.41. The summed E-state index contributed by atoms with van der Waals surface area (Å²) in [5.74, 6) is 0. The van der Waals surface area contributed by atoms with Crippen LogP contribution in [0.2, 0.25) is 0 Å². The second kappa shape index (κ2) is 6.84. The Bertz CT molecular complexity index is 33.0. The quantitative estimate of drug-likeness (QED) is 0.249. The average molecular weight is 118 g/mol. The summed E-state index contributed by atoms with van der Waals surface area (Å²) in [6, 6.07) is 0. The van der Waals surface area contributed by atoms with E-state index in [0.29, 0.717) is 13.3 Å². The first-order valence-corrected chi connectivity index (χ1v) is 2.73. The number of nitrogens with two attached hydrogens (primary N) is 2. The molecule has 0 unspecified atom stereocenters. The molecule has 0 amide bonds. The second-order valence-corrected chi connectivity index (χ2v) is 1.41. The summed E-state index contributed by atoms with van der Waals surface area (Å²) in [6.07, 6.45) is 0. The molecular weight excluding hydrogens is 104 g/mol. The van der Waals surface area contributed by atoms with Crippen molar-refractivity contribution in [3.63, 3.8) is 0 Å². The van der Waals surface area contributed by atoms with Crippen LogP contribution in [-0.4, -0.2) is 26.4 Å². The molecule has 0 aliphatic heterocycles. The molecule has 0 saturated heterocycles. The molecule has 8 heavy (non-hydrogen) atoms. The van der Waals surface area contributed by atoms with Crippen molar-refractivity contribution >= 4 is 0 Å². The Morgan fingerprint density at radius 1 is 0.875 bits per heavy atom. The summed E-state index contributed by atoms with van der Waals surface area (Å²) in [4.78, 5) is 0. The lowest BCUT2D eigenvalue weighted by molar-refractivity contribution is 0.627. The van der Waals surface area contributed by atoms with E-state index in [0.717, 1.165) is 13.1 Å². The van der Waals surface area contributed by atoms with Crippen molar-refractivity contribution in [1.29, 1.82) is 0 Å². The van der Waals surface area contributed by atoms with E-state index >= 15 is 0 Å². The normalized spacial score (nSPS) is 9.75. The molecular formula is C4H14N4. The Hall–Kier alpha value is -0.160. The van der Waals surface area contributed by atoms with Crippen molar-refractivity contribution in [2.45, 2.75) is 0 Å². The molecule has 0 saturated carbocycles. The van der Waals surface area contributed by atoms with Gasteiger partial charge in [0, 0.05) is 26.4 Å². The molecule has 4 nitrogen and oxygen atoms in total. The van der Waals surface area contributed by atoms with Gasteiger partial charge < -0.3 is 22.1 Å². The zero-order valence-corrected chi connectivity index (χ0v) is 4.98. The van der Waals surface area contributed by atoms with Crippen molar-refractivity contribution in [3.05, 3.63) is 0 Å². The smallest absolute Gasteiger partial charge is 0.0429 e. The van der Waals surface area contributed by atoms with Crippen LogP contribution in [0.15, 0.2) is 0 Å². The molecule has 0 aliphatic rings. The van der Waals surface area contributed by atoms with Crippen molar-refractivity contribution in [2.24, 2.45) is 11.5 Å². The minimum Gasteiger partial charge on any atom is -0.318 e. The first-order chi connectivity index (χ1) is 3.91. The molecule has 6 N–H and O–H groups in total. The van der Waals surface area contributed by atoms with Gasteiger partial charge in [-0.25, -0.2) is 0 Å². The predicted octanol–water partition coefficient (Wildman–Crippen LogP) is -2.00. The van der Waals surface area contributed by atoms with Crippen LogP contribution in [0.1, 0.15) is 0 Å². The van der Waals surface area contributed by atoms with Crippen molar-refractivity contribution in [3.8, 4) is 0 Å². The summed E-state index contributed by atoms with van der Waals surface area (Å²) in [5.41, 5.74) is 10.3. The maximum absolute atomic E-state index is 5.14. The first kappa shape index (κ1) is 7.84. The van der Waals surface area contributed by atoms with Gasteiger partial charge in [0.15, 0.2) is 0 Å². The molecule has 0 spiro atoms. The minimum atomic E-state index is 0.534. The van der Waals surface area contributed by atoms with Gasteiger partial charge in [-0.05, 0) is 0 Å². The Labute approximate surface area is 49.6 Å². The third kappa shape index (κ3) is 5.84. The van der Waals surface area contributed by atoms with Crippen molar-refractivity contribution in [2.75, 3.05) is 26.4 Å². The zero-order chi connectivity index (χ0) is 6.24. The fourth-order valence-corrected chi connectivity index (χ4v) is 0.381. The lowest BCUT2D eigenvalue weighted by atomic mass is 10.6. The number of hydrogen-bond donors (Lipinski definition) is 4. The molecule has 0 rings (SSSR count). The van der Waals surface area contributed by atoms with Crippen molar-refractivity contribution in [1.82, 2.24) is 10.6 Å². The van der Waals surface area contributed by atoms with Crippen LogP contribution in [0.25, 0.3) is 0 Å². The van der Waals surface area contributed by atoms with Gasteiger partial charge in [-0.2, -0.15) is 0 Å². The van der Waals surface area contributed by atoms with Gasteiger partial charge in [-0.3, -0.25) is 0 Å². The highest BCUT2D eigenvalue weighted by Crippen LogP contribution is 1.50. The van der Waals surface area contributed by atoms with Crippen LogP contribution in [0, 0.1) is 0 Å². The van der Waals surface area contributed by atoms with Crippen LogP contribution in [-0.2, 0) is 0 Å². The van der Waals surface area contributed by atoms with Gasteiger partial charge in [0.25, 0.3) is 0 Å². The van der Waals surface area contributed by atoms with Gasteiger partial charge in [-0.1, -0.05) is 0 Å². The highest BCUT2D eigenvalue weighted by atomic mass is 15.0. The molecule has 0 fully saturated rings. The summed E-state index contributed by atoms with van der Waals surface area (Å²) < 4.78 is 0. The van der Waals surface area contributed by atoms with E-state index in [2.05, 4.69) is 10.6 Å². The summed E-state index contributed by atoms with van der Waals surface area (Å²) in [5, 5.41) is 5.89. The molecule has 0 aliphatic carbocycles. The molecule has 0 radical (unpaired) electrons. The van der Waals surface area contributed by atoms with Crippen molar-refractivity contribution < 1.29 is 0 Å². The fraction of sp³-hybridized carbons (Fsp3) is 1.00. The zero-order valence-electron chi connectivity index (χ0n) is 4.98. The molecule has 0 atom stereocenters. The summed E-state index contributed by atoms with van der Waals surface area (Å²) >= 11 is 0. The third-order valence-corrected chi connectivity index (χ3v) is 0.767. The SMILES string of the molecule is NCNCCNCN. The van der Waals surface area contributed by atoms with Gasteiger partial charge >= 0.3 is 0 Å². The average Bonchev–Trinajstić information content (AvgIpc) is 1.81. The maximum Gasteiger partial charge on any atom is 0.0429 e. The molecule has 0 aromatic carbocycles. The largest absolute Gasteiger partial charge is 0.318 e. The highest BCUT2D eigenvalue weighted by Gasteiger charge is 1.79. The van der Waals surface area contributed by atoms with E-state index in [1.165, 1.54) is 0 Å². The topological polar surface area (TPSA) is 76.1 Å². The van der Waals surface area contributed by atoms with E-state index in [1.54, 1.807) is 0 Å². The third-order valence-electron chi connectivity index (χ3n) is 0.767. The van der Waals surface area contributed by atoms with E-state index in [9.17, 15) is 0 Å². The van der Waals surface area contributed by atoms with E-state index in [1.807, 2.05) is 0 Å². The minimum absolute atomic E-state index is 0.534. The van der Waals surface area contributed by atoms with E-state index in [4.69, 9.17) is 11.5 Å². The van der Waals surface area contributed by atoms with Gasteiger partial charge in [0.1, 0.15) is 0 Å². The van der Waals surface area contributed by atoms with Gasteiger partial charge in [-0.15, -0.1) is 0 Å². The number of rotatable bonds is 5. The van der Waals surface area contributed by atoms with Gasteiger partial charge in [0.2, 0.25) is 0 Å². The number of hydrogen-bond acceptors (Lipinski definition) is 4. The molecule has 0 aromatic rings. The fourth-order valence-electron chi connectivity index (χ4n) is 0.381. The van der Waals surface area contributed by atoms with Gasteiger partial charge in [0.05, 0.1) is 0 Å². The molecule has 0 bridgehead atoms. The molecule has 50 valence electrons. The van der Waals surface area contributed by atoms with E-state index < -0.39 is 0 Å². The Morgan fingerprint density at radius 2 is 1.25 bits per heavy atom. The summed E-state index contributed by atoms with van der Waals surface area (Å²) in [7, 11) is 0. The Balaban J connectivity index is 2.53. The van der Waals surface area contributed by atoms with Crippen LogP contribution in [0.3, 0.4) is 0 Å². The maximum atomic E-state index is 5.14. The van der Waals surface area contributed by atoms with Crippen LogP contribution in [0.5, 0.6) is 0 Å². The first-order valence-electron chi connectivity index (χ1n) is 2.73. The molecule has 0 aromatic heterocycles. The predicted molar refractivity (Wildman–Crippen MR) is 34.1 cm³/mol. The summed E-state index contributed by atoms with van der Waals surface area (Å²) in [6.45, 7) is 2.83. The lowest BCUT2D eigenvalue weighted by Crippen LogP contribution is -2.33. The molecule has 4 heteroatoms. The Morgan fingerprint density at radius 3 is 1.50 bits per heavy atom. The monoisotopic (exact) mass is 118 g/mol. The van der Waals surface area contributed by atoms with Crippen LogP contribution in [0.4, 0.5) is 0 Å². The number of nitrogens with one attached hydrogen (secondary N) is 2. The standard InChI is InChI=1S/C4H14N4/c5-3-7-1-2-8-4-6/h7-8H,1-6H2. The van der Waals surface area contributed by atoms with Crippen LogP contribution >= 0.6 is 0 Å². The Kier molecular flexibility index (Phi) is 6.70. The van der Waals surface area contributed by atoms with E-state index in [-0.39, 0.29) is 0 Å². The highest BCUT2D eigenvalue weighted by molar-refractivity contribution is 4.44. The van der Waals surface area contributed by atoms with Crippen LogP contribution < -0.4 is 22.1 Å².